The van der Waals surface area contributed by atoms with Crippen LogP contribution in [0.15, 0.2) is 24.3 Å². The van der Waals surface area contributed by atoms with Gasteiger partial charge in [0.1, 0.15) is 5.69 Å². The molecule has 1 unspecified atom stereocenters. The van der Waals surface area contributed by atoms with Crippen LogP contribution in [0.3, 0.4) is 0 Å². The third kappa shape index (κ3) is 2.24. The van der Waals surface area contributed by atoms with Crippen LogP contribution in [-0.4, -0.2) is 32.0 Å². The van der Waals surface area contributed by atoms with Crippen molar-refractivity contribution in [2.24, 2.45) is 0 Å². The van der Waals surface area contributed by atoms with E-state index in [1.165, 1.54) is 20.3 Å². The SMILES string of the molecule is COP(=O)(OC)C1C=Cc2cccc([N+](=O)[O-])c2N1C. The molecule has 1 aromatic rings. The quantitative estimate of drug-likeness (QED) is 0.483. The lowest BCUT2D eigenvalue weighted by Crippen LogP contribution is -2.33. The molecule has 0 radical (unpaired) electrons. The molecule has 0 amide bonds. The summed E-state index contributed by atoms with van der Waals surface area (Å²) in [6, 6.07) is 4.79. The van der Waals surface area contributed by atoms with E-state index in [2.05, 4.69) is 0 Å². The summed E-state index contributed by atoms with van der Waals surface area (Å²) in [6.07, 6.45) is 3.36. The van der Waals surface area contributed by atoms with Crippen LogP contribution in [-0.2, 0) is 13.6 Å². The van der Waals surface area contributed by atoms with E-state index in [0.29, 0.717) is 11.3 Å². The predicted octanol–water partition coefficient (Wildman–Crippen LogP) is 2.87. The normalized spacial score (nSPS) is 17.9. The summed E-state index contributed by atoms with van der Waals surface area (Å²) < 4.78 is 22.5. The van der Waals surface area contributed by atoms with Gasteiger partial charge in [-0.05, 0) is 6.08 Å². The Balaban J connectivity index is 2.56. The Labute approximate surface area is 116 Å². The largest absolute Gasteiger partial charge is 0.356 e. The number of fused-ring (bicyclic) bond motifs is 1. The number of rotatable bonds is 4. The van der Waals surface area contributed by atoms with Gasteiger partial charge in [0.25, 0.3) is 5.69 Å². The summed E-state index contributed by atoms with van der Waals surface area (Å²) in [4.78, 5) is 12.2. The van der Waals surface area contributed by atoms with Gasteiger partial charge in [0.05, 0.1) is 4.92 Å². The number of anilines is 1. The molecule has 0 bridgehead atoms. The Hall–Kier alpha value is -1.69. The average Bonchev–Trinajstić information content (AvgIpc) is 2.46. The minimum Gasteiger partial charge on any atom is -0.351 e. The Morgan fingerprint density at radius 2 is 2.00 bits per heavy atom. The molecule has 8 heteroatoms. The van der Waals surface area contributed by atoms with Crippen molar-refractivity contribution in [3.05, 3.63) is 40.0 Å². The molecule has 0 aromatic heterocycles. The van der Waals surface area contributed by atoms with Gasteiger partial charge in [-0.2, -0.15) is 0 Å². The molecule has 0 N–H and O–H groups in total. The summed E-state index contributed by atoms with van der Waals surface area (Å²) >= 11 is 0. The molecule has 0 saturated carbocycles. The lowest BCUT2D eigenvalue weighted by atomic mass is 10.1. The Morgan fingerprint density at radius 3 is 2.55 bits per heavy atom. The predicted molar refractivity (Wildman–Crippen MR) is 75.9 cm³/mol. The fraction of sp³-hybridized carbons (Fsp3) is 0.333. The van der Waals surface area contributed by atoms with Gasteiger partial charge in [-0.25, -0.2) is 0 Å². The molecule has 1 atom stereocenters. The number of likely N-dealkylation sites (N-methyl/N-ethyl adjacent to an activating group) is 1. The highest BCUT2D eigenvalue weighted by atomic mass is 31.2. The molecule has 1 aliphatic heterocycles. The Kier molecular flexibility index (Phi) is 3.94. The monoisotopic (exact) mass is 298 g/mol. The number of hydrogen-bond acceptors (Lipinski definition) is 6. The van der Waals surface area contributed by atoms with Crippen LogP contribution in [0.1, 0.15) is 5.56 Å². The fourth-order valence-electron chi connectivity index (χ4n) is 2.27. The molecular formula is C12H15N2O5P. The van der Waals surface area contributed by atoms with Crippen LogP contribution in [0.25, 0.3) is 6.08 Å². The van der Waals surface area contributed by atoms with Gasteiger partial charge >= 0.3 is 7.60 Å². The van der Waals surface area contributed by atoms with E-state index in [4.69, 9.17) is 9.05 Å². The zero-order valence-corrected chi connectivity index (χ0v) is 12.2. The first kappa shape index (κ1) is 14.7. The molecule has 0 aliphatic carbocycles. The Morgan fingerprint density at radius 1 is 1.35 bits per heavy atom. The van der Waals surface area contributed by atoms with E-state index in [9.17, 15) is 14.7 Å². The molecular weight excluding hydrogens is 283 g/mol. The smallest absolute Gasteiger partial charge is 0.351 e. The van der Waals surface area contributed by atoms with Crippen molar-refractivity contribution in [1.82, 2.24) is 0 Å². The number of benzene rings is 1. The number of para-hydroxylation sites is 1. The minimum absolute atomic E-state index is 0.0434. The summed E-state index contributed by atoms with van der Waals surface area (Å²) in [7, 11) is 0.813. The molecule has 2 rings (SSSR count). The second kappa shape index (κ2) is 5.36. The molecule has 1 aromatic carbocycles. The molecule has 1 aliphatic rings. The van der Waals surface area contributed by atoms with E-state index in [0.717, 1.165) is 0 Å². The van der Waals surface area contributed by atoms with Crippen molar-refractivity contribution >= 4 is 25.0 Å². The van der Waals surface area contributed by atoms with Crippen molar-refractivity contribution < 1.29 is 18.5 Å². The van der Waals surface area contributed by atoms with Crippen LogP contribution < -0.4 is 4.90 Å². The zero-order chi connectivity index (χ0) is 14.9. The van der Waals surface area contributed by atoms with Gasteiger partial charge < -0.3 is 13.9 Å². The minimum atomic E-state index is -3.40. The standard InChI is InChI=1S/C12H15N2O5P/c1-13-11(20(17,18-2)19-3)8-7-9-5-4-6-10(12(9)13)14(15)16/h4-8,11H,1-3H3. The van der Waals surface area contributed by atoms with Gasteiger partial charge in [-0.15, -0.1) is 0 Å². The first-order chi connectivity index (χ1) is 9.44. The lowest BCUT2D eigenvalue weighted by molar-refractivity contribution is -0.384. The molecule has 1 heterocycles. The van der Waals surface area contributed by atoms with Crippen LogP contribution in [0.2, 0.25) is 0 Å². The number of nitrogens with zero attached hydrogens (tertiary/aromatic N) is 2. The third-order valence-electron chi connectivity index (χ3n) is 3.27. The number of nitro benzene ring substituents is 1. The first-order valence-electron chi connectivity index (χ1n) is 5.84. The zero-order valence-electron chi connectivity index (χ0n) is 11.3. The Bertz CT molecular complexity index is 608. The molecule has 20 heavy (non-hydrogen) atoms. The molecule has 0 fully saturated rings. The van der Waals surface area contributed by atoms with E-state index >= 15 is 0 Å². The average molecular weight is 298 g/mol. The van der Waals surface area contributed by atoms with Crippen molar-refractivity contribution in [3.63, 3.8) is 0 Å². The maximum absolute atomic E-state index is 12.5. The van der Waals surface area contributed by atoms with E-state index in [1.807, 2.05) is 0 Å². The van der Waals surface area contributed by atoms with Crippen molar-refractivity contribution in [2.75, 3.05) is 26.2 Å². The topological polar surface area (TPSA) is 81.9 Å². The highest BCUT2D eigenvalue weighted by molar-refractivity contribution is 7.55. The van der Waals surface area contributed by atoms with Gasteiger partial charge in [-0.1, -0.05) is 18.2 Å². The van der Waals surface area contributed by atoms with Gasteiger partial charge in [0.2, 0.25) is 0 Å². The van der Waals surface area contributed by atoms with Gasteiger partial charge in [0.15, 0.2) is 5.78 Å². The van der Waals surface area contributed by atoms with Crippen LogP contribution >= 0.6 is 7.60 Å². The highest BCUT2D eigenvalue weighted by Gasteiger charge is 2.40. The molecule has 7 nitrogen and oxygen atoms in total. The lowest BCUT2D eigenvalue weighted by Gasteiger charge is -2.34. The van der Waals surface area contributed by atoms with Crippen LogP contribution in [0.5, 0.6) is 0 Å². The molecule has 108 valence electrons. The van der Waals surface area contributed by atoms with E-state index < -0.39 is 18.3 Å². The van der Waals surface area contributed by atoms with Gasteiger partial charge in [0, 0.05) is 32.9 Å². The third-order valence-corrected chi connectivity index (χ3v) is 5.46. The van der Waals surface area contributed by atoms with Gasteiger partial charge in [-0.3, -0.25) is 14.7 Å². The molecule has 0 saturated heterocycles. The maximum Gasteiger partial charge on any atom is 0.356 e. The van der Waals surface area contributed by atoms with Crippen LogP contribution in [0.4, 0.5) is 11.4 Å². The molecule has 0 spiro atoms. The summed E-state index contributed by atoms with van der Waals surface area (Å²) in [5.41, 5.74) is 1.05. The highest BCUT2D eigenvalue weighted by Crippen LogP contribution is 2.56. The van der Waals surface area contributed by atoms with E-state index in [1.54, 1.807) is 36.2 Å². The van der Waals surface area contributed by atoms with Crippen molar-refractivity contribution in [3.8, 4) is 0 Å². The maximum atomic E-state index is 12.5. The van der Waals surface area contributed by atoms with Crippen molar-refractivity contribution in [2.45, 2.75) is 5.78 Å². The fourth-order valence-corrected chi connectivity index (χ4v) is 3.69. The van der Waals surface area contributed by atoms with E-state index in [-0.39, 0.29) is 5.69 Å². The summed E-state index contributed by atoms with van der Waals surface area (Å²) in [6.45, 7) is 0. The number of nitro groups is 1. The summed E-state index contributed by atoms with van der Waals surface area (Å²) in [5, 5.41) is 11.1. The van der Waals surface area contributed by atoms with Crippen LogP contribution in [0, 0.1) is 10.1 Å². The summed E-state index contributed by atoms with van der Waals surface area (Å²) in [5.74, 6) is -0.703. The van der Waals surface area contributed by atoms with Crippen molar-refractivity contribution in [1.29, 1.82) is 0 Å². The second-order valence-corrected chi connectivity index (χ2v) is 6.60. The first-order valence-corrected chi connectivity index (χ1v) is 7.45. The second-order valence-electron chi connectivity index (χ2n) is 4.26. The number of hydrogen-bond donors (Lipinski definition) is 0.